The molecule has 0 spiro atoms. The maximum atomic E-state index is 11.0. The minimum atomic E-state index is -0.829. The Morgan fingerprint density at radius 1 is 1.06 bits per heavy atom. The SMILES string of the molecule is C=C/C=N/N(/N=C/C=C/Sc1ccc(C(C)(C)C)cc1)C(=C)C(O)C(/C=C/C)C(C)(C)C. The summed E-state index contributed by atoms with van der Waals surface area (Å²) in [5.74, 6) is -0.126. The smallest absolute Gasteiger partial charge is 0.104 e. The van der Waals surface area contributed by atoms with Crippen molar-refractivity contribution in [3.05, 3.63) is 78.4 Å². The minimum Gasteiger partial charge on any atom is -0.386 e. The second-order valence-electron chi connectivity index (χ2n) is 9.63. The van der Waals surface area contributed by atoms with Crippen LogP contribution in [0, 0.1) is 11.3 Å². The zero-order valence-corrected chi connectivity index (χ0v) is 21.4. The van der Waals surface area contributed by atoms with Gasteiger partial charge in [-0.25, -0.2) is 0 Å². The first-order valence-electron chi connectivity index (χ1n) is 10.8. The van der Waals surface area contributed by atoms with E-state index in [9.17, 15) is 5.11 Å². The Kier molecular flexibility index (Phi) is 10.9. The van der Waals surface area contributed by atoms with Crippen LogP contribution in [0.4, 0.5) is 0 Å². The number of hydrogen-bond donors (Lipinski definition) is 1. The highest BCUT2D eigenvalue weighted by molar-refractivity contribution is 8.02. The van der Waals surface area contributed by atoms with Gasteiger partial charge in [-0.1, -0.05) is 90.7 Å². The molecule has 1 aromatic rings. The van der Waals surface area contributed by atoms with E-state index in [-0.39, 0.29) is 16.7 Å². The van der Waals surface area contributed by atoms with Crippen LogP contribution in [0.3, 0.4) is 0 Å². The van der Waals surface area contributed by atoms with Crippen molar-refractivity contribution in [2.24, 2.45) is 21.5 Å². The molecule has 0 aliphatic heterocycles. The molecule has 0 radical (unpaired) electrons. The maximum Gasteiger partial charge on any atom is 0.104 e. The summed E-state index contributed by atoms with van der Waals surface area (Å²) in [7, 11) is 0. The van der Waals surface area contributed by atoms with E-state index in [4.69, 9.17) is 0 Å². The molecule has 5 heteroatoms. The highest BCUT2D eigenvalue weighted by atomic mass is 32.2. The summed E-state index contributed by atoms with van der Waals surface area (Å²) in [5, 5.41) is 22.9. The average molecular weight is 454 g/mol. The topological polar surface area (TPSA) is 48.2 Å². The van der Waals surface area contributed by atoms with Crippen LogP contribution in [0.15, 0.2) is 87.9 Å². The van der Waals surface area contributed by atoms with Crippen molar-refractivity contribution in [3.8, 4) is 0 Å². The lowest BCUT2D eigenvalue weighted by molar-refractivity contribution is 0.0751. The number of rotatable bonds is 10. The van der Waals surface area contributed by atoms with Crippen LogP contribution in [0.5, 0.6) is 0 Å². The normalized spacial score (nSPS) is 15.1. The van der Waals surface area contributed by atoms with Crippen LogP contribution in [-0.4, -0.2) is 28.8 Å². The summed E-state index contributed by atoms with van der Waals surface area (Å²) >= 11 is 1.61. The van der Waals surface area contributed by atoms with Crippen molar-refractivity contribution in [1.29, 1.82) is 0 Å². The molecule has 0 bridgehead atoms. The van der Waals surface area contributed by atoms with Gasteiger partial charge in [0, 0.05) is 17.0 Å². The zero-order chi connectivity index (χ0) is 24.4. The molecule has 1 rings (SSSR count). The maximum absolute atomic E-state index is 11.0. The highest BCUT2D eigenvalue weighted by Gasteiger charge is 2.32. The first-order valence-corrected chi connectivity index (χ1v) is 11.7. The lowest BCUT2D eigenvalue weighted by Crippen LogP contribution is -2.35. The first-order chi connectivity index (χ1) is 14.9. The molecule has 0 amide bonds. The Morgan fingerprint density at radius 2 is 1.66 bits per heavy atom. The molecule has 1 aromatic carbocycles. The van der Waals surface area contributed by atoms with E-state index in [1.807, 2.05) is 30.6 Å². The minimum absolute atomic E-state index is 0.126. The van der Waals surface area contributed by atoms with Crippen molar-refractivity contribution >= 4 is 24.2 Å². The van der Waals surface area contributed by atoms with Gasteiger partial charge in [0.25, 0.3) is 0 Å². The van der Waals surface area contributed by atoms with Gasteiger partial charge in [-0.2, -0.15) is 15.3 Å². The van der Waals surface area contributed by atoms with E-state index in [2.05, 4.69) is 89.2 Å². The van der Waals surface area contributed by atoms with Crippen LogP contribution in [0.25, 0.3) is 0 Å². The molecule has 174 valence electrons. The first kappa shape index (κ1) is 27.7. The van der Waals surface area contributed by atoms with Gasteiger partial charge >= 0.3 is 0 Å². The van der Waals surface area contributed by atoms with Crippen molar-refractivity contribution in [1.82, 2.24) is 5.12 Å². The lowest BCUT2D eigenvalue weighted by Gasteiger charge is -2.34. The average Bonchev–Trinajstić information content (AvgIpc) is 2.71. The van der Waals surface area contributed by atoms with E-state index in [0.29, 0.717) is 5.70 Å². The Hall–Kier alpha value is -2.37. The van der Waals surface area contributed by atoms with Crippen LogP contribution >= 0.6 is 11.8 Å². The third-order valence-electron chi connectivity index (χ3n) is 4.88. The third-order valence-corrected chi connectivity index (χ3v) is 5.72. The molecule has 0 aliphatic carbocycles. The molecule has 0 aliphatic rings. The largest absolute Gasteiger partial charge is 0.386 e. The molecular formula is C27H39N3OS. The molecule has 0 saturated carbocycles. The van der Waals surface area contributed by atoms with Gasteiger partial charge in [-0.15, -0.1) is 0 Å². The molecule has 1 N–H and O–H groups in total. The molecule has 32 heavy (non-hydrogen) atoms. The molecule has 0 fully saturated rings. The fourth-order valence-electron chi connectivity index (χ4n) is 2.98. The number of allylic oxidation sites excluding steroid dienone is 3. The third kappa shape index (κ3) is 9.01. The molecule has 0 aromatic heterocycles. The van der Waals surface area contributed by atoms with Gasteiger partial charge in [-0.3, -0.25) is 0 Å². The van der Waals surface area contributed by atoms with Crippen LogP contribution < -0.4 is 0 Å². The van der Waals surface area contributed by atoms with Crippen molar-refractivity contribution in [2.75, 3.05) is 0 Å². The van der Waals surface area contributed by atoms with Gasteiger partial charge < -0.3 is 5.11 Å². The van der Waals surface area contributed by atoms with Gasteiger partial charge in [0.2, 0.25) is 0 Å². The number of nitrogens with zero attached hydrogens (tertiary/aromatic N) is 3. The monoisotopic (exact) mass is 453 g/mol. The molecule has 0 heterocycles. The van der Waals surface area contributed by atoms with E-state index >= 15 is 0 Å². The Labute approximate surface area is 199 Å². The fourth-order valence-corrected chi connectivity index (χ4v) is 3.58. The van der Waals surface area contributed by atoms with E-state index < -0.39 is 6.10 Å². The standard InChI is InChI=1S/C27H39N3OS/c1-10-13-24(27(7,8)9)25(31)21(3)30(28-18-11-2)29-19-12-20-32-23-16-14-22(15-17-23)26(4,5)6/h10-20,24-25,31H,2-3H2,1,4-9H3/b13-10+,20-12+,28-18+,29-19+. The number of benzene rings is 1. The number of hydrogen-bond acceptors (Lipinski definition) is 5. The number of aliphatic hydroxyl groups excluding tert-OH is 1. The molecule has 4 nitrogen and oxygen atoms in total. The summed E-state index contributed by atoms with van der Waals surface area (Å²) in [6.07, 6.45) is 9.67. The van der Waals surface area contributed by atoms with Crippen LogP contribution in [0.1, 0.15) is 54.0 Å². The van der Waals surface area contributed by atoms with E-state index in [1.165, 1.54) is 16.9 Å². The van der Waals surface area contributed by atoms with Crippen LogP contribution in [-0.2, 0) is 5.41 Å². The quantitative estimate of drug-likeness (QED) is 0.177. The predicted octanol–water partition coefficient (Wildman–Crippen LogP) is 7.16. The number of thioether (sulfide) groups is 1. The Balaban J connectivity index is 2.89. The van der Waals surface area contributed by atoms with Gasteiger partial charge in [0.1, 0.15) is 6.10 Å². The summed E-state index contributed by atoms with van der Waals surface area (Å²) in [6, 6.07) is 8.58. The molecule has 0 saturated heterocycles. The summed E-state index contributed by atoms with van der Waals surface area (Å²) in [4.78, 5) is 1.16. The summed E-state index contributed by atoms with van der Waals surface area (Å²) < 4.78 is 0. The van der Waals surface area contributed by atoms with Gasteiger partial charge in [0.05, 0.1) is 11.9 Å². The lowest BCUT2D eigenvalue weighted by atomic mass is 9.76. The highest BCUT2D eigenvalue weighted by Crippen LogP contribution is 2.33. The molecular weight excluding hydrogens is 414 g/mol. The Morgan fingerprint density at radius 3 is 2.16 bits per heavy atom. The fraction of sp³-hybridized carbons (Fsp3) is 0.407. The van der Waals surface area contributed by atoms with Crippen molar-refractivity contribution < 1.29 is 5.11 Å². The Bertz CT molecular complexity index is 852. The number of hydrazone groups is 2. The second-order valence-corrected chi connectivity index (χ2v) is 10.6. The van der Waals surface area contributed by atoms with E-state index in [0.717, 1.165) is 4.90 Å². The molecule has 2 unspecified atom stereocenters. The molecule has 2 atom stereocenters. The number of aliphatic hydroxyl groups is 1. The van der Waals surface area contributed by atoms with Crippen molar-refractivity contribution in [3.63, 3.8) is 0 Å². The van der Waals surface area contributed by atoms with Gasteiger partial charge in [-0.05, 0) is 53.0 Å². The van der Waals surface area contributed by atoms with E-state index in [1.54, 1.807) is 24.1 Å². The van der Waals surface area contributed by atoms with Gasteiger partial charge in [0.15, 0.2) is 0 Å². The summed E-state index contributed by atoms with van der Waals surface area (Å²) in [5.41, 5.74) is 1.71. The second kappa shape index (κ2) is 12.6. The summed E-state index contributed by atoms with van der Waals surface area (Å²) in [6.45, 7) is 22.5. The van der Waals surface area contributed by atoms with Crippen LogP contribution in [0.2, 0.25) is 0 Å². The van der Waals surface area contributed by atoms with Crippen molar-refractivity contribution in [2.45, 2.75) is 64.9 Å². The predicted molar refractivity (Wildman–Crippen MR) is 142 cm³/mol. The zero-order valence-electron chi connectivity index (χ0n) is 20.6.